The third kappa shape index (κ3) is 9.30. The van der Waals surface area contributed by atoms with Gasteiger partial charge in [0, 0.05) is 91.7 Å². The molecule has 396 valence electrons. The lowest BCUT2D eigenvalue weighted by molar-refractivity contribution is -0.141. The second-order valence-corrected chi connectivity index (χ2v) is 22.3. The molecule has 1 spiro atoms. The van der Waals surface area contributed by atoms with Gasteiger partial charge in [0.2, 0.25) is 17.7 Å². The molecule has 5 heterocycles. The number of halogens is 3. The number of fused-ring (bicyclic) bond motifs is 2. The summed E-state index contributed by atoms with van der Waals surface area (Å²) in [6.07, 6.45) is 10.0. The number of imide groups is 1. The highest BCUT2D eigenvalue weighted by atomic mass is 35.5. The number of rotatable bonds is 13. The van der Waals surface area contributed by atoms with Crippen molar-refractivity contribution in [3.8, 4) is 22.6 Å². The number of aryl methyl sites for hydroxylation is 1. The molecule has 0 radical (unpaired) electrons. The van der Waals surface area contributed by atoms with Gasteiger partial charge < -0.3 is 35.4 Å². The molecule has 6 aliphatic rings. The normalized spacial score (nSPS) is 24.3. The maximum absolute atomic E-state index is 16.5. The Kier molecular flexibility index (Phi) is 13.9. The summed E-state index contributed by atoms with van der Waals surface area (Å²) in [4.78, 5) is 57.6. The summed E-state index contributed by atoms with van der Waals surface area (Å²) < 4.78 is 46.5. The molecule has 4 aliphatic heterocycles. The van der Waals surface area contributed by atoms with Gasteiger partial charge in [-0.25, -0.2) is 13.6 Å². The highest BCUT2D eigenvalue weighted by molar-refractivity contribution is 6.34. The SMILES string of the molecule is C[C@H]1c2c(cc(F)c(Cl)c2-c2c(C(N)=O)ccc(OCCO)c2F)O[C@]1(CNC1CCC(C(=O)N2CCC3(CC2)CC(N2CCC(c4ccc5c(N6CCC(=O)NC6=O)nn(C)c5c4)CC2)C3)CC1)c1ccccc1. The first-order valence-corrected chi connectivity index (χ1v) is 27.0. The van der Waals surface area contributed by atoms with E-state index >= 15 is 8.78 Å². The second-order valence-electron chi connectivity index (χ2n) is 21.9. The number of hydrogen-bond donors (Lipinski definition) is 4. The number of nitrogens with two attached hydrogens (primary N) is 1. The minimum absolute atomic E-state index is 0.0376. The summed E-state index contributed by atoms with van der Waals surface area (Å²) >= 11 is 6.74. The van der Waals surface area contributed by atoms with Crippen LogP contribution in [0.4, 0.5) is 19.4 Å². The summed E-state index contributed by atoms with van der Waals surface area (Å²) in [5.41, 5.74) is 7.94. The van der Waals surface area contributed by atoms with Crippen LogP contribution in [0.15, 0.2) is 66.7 Å². The Morgan fingerprint density at radius 2 is 1.68 bits per heavy atom. The van der Waals surface area contributed by atoms with Crippen LogP contribution in [0.2, 0.25) is 5.02 Å². The molecule has 5 aromatic rings. The van der Waals surface area contributed by atoms with E-state index in [1.807, 2.05) is 49.0 Å². The molecule has 0 bridgehead atoms. The fourth-order valence-corrected chi connectivity index (χ4v) is 13.7. The fourth-order valence-electron chi connectivity index (χ4n) is 13.5. The average Bonchev–Trinajstić information content (AvgIpc) is 3.91. The van der Waals surface area contributed by atoms with Gasteiger partial charge in [0.25, 0.3) is 0 Å². The number of aliphatic hydroxyl groups is 1. The lowest BCUT2D eigenvalue weighted by atomic mass is 9.59. The Morgan fingerprint density at radius 1 is 0.947 bits per heavy atom. The number of nitrogens with one attached hydrogen (secondary N) is 2. The summed E-state index contributed by atoms with van der Waals surface area (Å²) in [7, 11) is 1.90. The van der Waals surface area contributed by atoms with Crippen LogP contribution in [0.1, 0.15) is 116 Å². The van der Waals surface area contributed by atoms with E-state index in [1.54, 1.807) is 4.90 Å². The maximum Gasteiger partial charge on any atom is 0.329 e. The van der Waals surface area contributed by atoms with Crippen molar-refractivity contribution >= 4 is 52.1 Å². The molecule has 0 unspecified atom stereocenters. The number of anilines is 1. The molecular weight excluding hydrogens is 982 g/mol. The predicted molar refractivity (Wildman–Crippen MR) is 280 cm³/mol. The molecule has 1 aromatic heterocycles. The third-order valence-electron chi connectivity index (χ3n) is 17.8. The van der Waals surface area contributed by atoms with E-state index in [1.165, 1.54) is 36.6 Å². The number of urea groups is 1. The van der Waals surface area contributed by atoms with Gasteiger partial charge in [-0.3, -0.25) is 29.3 Å². The van der Waals surface area contributed by atoms with Gasteiger partial charge >= 0.3 is 6.03 Å². The van der Waals surface area contributed by atoms with Crippen molar-refractivity contribution < 1.29 is 42.5 Å². The number of hydrogen-bond acceptors (Lipinski definition) is 10. The number of amides is 5. The highest BCUT2D eigenvalue weighted by Gasteiger charge is 2.52. The first-order chi connectivity index (χ1) is 36.2. The van der Waals surface area contributed by atoms with Crippen molar-refractivity contribution in [2.24, 2.45) is 24.1 Å². The van der Waals surface area contributed by atoms with E-state index in [-0.39, 0.29) is 76.6 Å². The smallest absolute Gasteiger partial charge is 0.329 e. The maximum atomic E-state index is 16.5. The molecule has 3 saturated heterocycles. The van der Waals surface area contributed by atoms with Crippen molar-refractivity contribution in [3.63, 3.8) is 0 Å². The number of nitrogens with zero attached hydrogens (tertiary/aromatic N) is 5. The largest absolute Gasteiger partial charge is 0.488 e. The lowest BCUT2D eigenvalue weighted by Crippen LogP contribution is -2.57. The minimum Gasteiger partial charge on any atom is -0.488 e. The number of aromatic nitrogens is 2. The summed E-state index contributed by atoms with van der Waals surface area (Å²) in [6, 6.07) is 20.1. The zero-order chi connectivity index (χ0) is 52.3. The molecule has 75 heavy (non-hydrogen) atoms. The number of likely N-dealkylation sites (tertiary alicyclic amines) is 2. The summed E-state index contributed by atoms with van der Waals surface area (Å²) in [5, 5.41) is 20.7. The standard InChI is InChI=1S/C57H65ClF2N8O7/c1-33-47-45(29-42(59)50(58)49(47)48-41(52(61)71)14-15-44(51(48)60)74-27-26-69)75-57(33,37-6-4-3-5-7-37)32-62-38-11-8-35(9-12-38)54(72)67-24-19-56(20-25-67)30-39(31-56)66-21-16-34(17-22-66)36-10-13-40-43(28-36)65(2)64-53(40)68-23-18-46(70)63-55(68)73/h3-7,10,13-15,28-29,33-35,38-39,62,69H,8-9,11-12,16-27,30-32H2,1-2H3,(H2,61,71)(H,63,70,73)/t33-,35?,38?,57-/m0/s1. The molecule has 2 saturated carbocycles. The minimum atomic E-state index is -1.10. The lowest BCUT2D eigenvalue weighted by Gasteiger charge is -2.56. The number of carbonyl (C=O) groups is 4. The van der Waals surface area contributed by atoms with Crippen molar-refractivity contribution in [1.82, 2.24) is 30.2 Å². The highest BCUT2D eigenvalue weighted by Crippen LogP contribution is 2.57. The third-order valence-corrected chi connectivity index (χ3v) is 18.1. The monoisotopic (exact) mass is 1050 g/mol. The van der Waals surface area contributed by atoms with Crippen LogP contribution in [-0.4, -0.2) is 113 Å². The molecule has 11 rings (SSSR count). The molecule has 5 N–H and O–H groups in total. The van der Waals surface area contributed by atoms with Crippen LogP contribution in [0.5, 0.6) is 11.5 Å². The van der Waals surface area contributed by atoms with Crippen molar-refractivity contribution in [2.45, 2.75) is 107 Å². The second kappa shape index (κ2) is 20.4. The zero-order valence-electron chi connectivity index (χ0n) is 42.5. The van der Waals surface area contributed by atoms with Crippen LogP contribution >= 0.6 is 11.6 Å². The van der Waals surface area contributed by atoms with E-state index in [0.717, 1.165) is 94.0 Å². The van der Waals surface area contributed by atoms with E-state index in [0.29, 0.717) is 41.8 Å². The van der Waals surface area contributed by atoms with Crippen molar-refractivity contribution in [3.05, 3.63) is 106 Å². The Labute approximate surface area is 440 Å². The molecule has 2 atom stereocenters. The van der Waals surface area contributed by atoms with Crippen LogP contribution in [-0.2, 0) is 22.2 Å². The Balaban J connectivity index is 0.681. The van der Waals surface area contributed by atoms with Gasteiger partial charge in [-0.2, -0.15) is 5.10 Å². The number of ether oxygens (including phenoxy) is 2. The summed E-state index contributed by atoms with van der Waals surface area (Å²) in [6.45, 7) is 5.69. The molecule has 15 nitrogen and oxygen atoms in total. The average molecular weight is 1050 g/mol. The van der Waals surface area contributed by atoms with Gasteiger partial charge in [0.05, 0.1) is 22.7 Å². The summed E-state index contributed by atoms with van der Waals surface area (Å²) in [5.74, 6) is -2.39. The quantitative estimate of drug-likeness (QED) is 0.0895. The van der Waals surface area contributed by atoms with E-state index in [9.17, 15) is 24.3 Å². The number of primary amides is 1. The topological polar surface area (TPSA) is 185 Å². The van der Waals surface area contributed by atoms with Crippen molar-refractivity contribution in [2.75, 3.05) is 57.4 Å². The Morgan fingerprint density at radius 3 is 2.37 bits per heavy atom. The number of piperidine rings is 2. The van der Waals surface area contributed by atoms with Gasteiger partial charge in [0.15, 0.2) is 23.0 Å². The van der Waals surface area contributed by atoms with Gasteiger partial charge in [-0.05, 0) is 124 Å². The number of aliphatic hydroxyl groups excluding tert-OH is 1. The van der Waals surface area contributed by atoms with E-state index < -0.39 is 35.1 Å². The molecule has 18 heteroatoms. The van der Waals surface area contributed by atoms with Crippen LogP contribution in [0, 0.1) is 23.0 Å². The predicted octanol–water partition coefficient (Wildman–Crippen LogP) is 8.28. The molecular formula is C57H65ClF2N8O7. The molecule has 2 aliphatic carbocycles. The zero-order valence-corrected chi connectivity index (χ0v) is 43.3. The Hall–Kier alpha value is -6.14. The number of carbonyl (C=O) groups excluding carboxylic acids is 4. The van der Waals surface area contributed by atoms with Gasteiger partial charge in [0.1, 0.15) is 18.2 Å². The first kappa shape index (κ1) is 51.0. The fraction of sp³-hybridized carbons (Fsp3) is 0.491. The number of benzene rings is 4. The van der Waals surface area contributed by atoms with Gasteiger partial charge in [-0.1, -0.05) is 54.9 Å². The molecule has 5 fully saturated rings. The molecule has 5 amide bonds. The van der Waals surface area contributed by atoms with Crippen LogP contribution in [0.3, 0.4) is 0 Å². The van der Waals surface area contributed by atoms with E-state index in [2.05, 4.69) is 43.7 Å². The van der Waals surface area contributed by atoms with Crippen LogP contribution in [0.25, 0.3) is 22.0 Å². The molecule has 4 aromatic carbocycles. The Bertz CT molecular complexity index is 3030. The van der Waals surface area contributed by atoms with Gasteiger partial charge in [-0.15, -0.1) is 0 Å². The first-order valence-electron chi connectivity index (χ1n) is 26.6. The van der Waals surface area contributed by atoms with Crippen LogP contribution < -0.4 is 30.7 Å². The van der Waals surface area contributed by atoms with E-state index in [4.69, 9.17) is 26.8 Å². The van der Waals surface area contributed by atoms with Crippen molar-refractivity contribution in [1.29, 1.82) is 0 Å².